The SMILES string of the molecule is CCCCCC1CCC(CC2CCC(c3ccc(OC)cc3)CC2)CC1. The van der Waals surface area contributed by atoms with Crippen LogP contribution in [0, 0.1) is 17.8 Å². The molecule has 0 unspecified atom stereocenters. The molecule has 0 aliphatic heterocycles. The molecule has 0 spiro atoms. The molecule has 26 heavy (non-hydrogen) atoms. The largest absolute Gasteiger partial charge is 0.497 e. The summed E-state index contributed by atoms with van der Waals surface area (Å²) in [4.78, 5) is 0. The monoisotopic (exact) mass is 356 g/mol. The molecule has 1 heteroatoms. The lowest BCUT2D eigenvalue weighted by molar-refractivity contribution is 0.199. The summed E-state index contributed by atoms with van der Waals surface area (Å²) in [5.74, 6) is 4.87. The van der Waals surface area contributed by atoms with Gasteiger partial charge in [-0.15, -0.1) is 0 Å². The van der Waals surface area contributed by atoms with Crippen molar-refractivity contribution in [1.82, 2.24) is 0 Å². The van der Waals surface area contributed by atoms with Crippen LogP contribution in [0.15, 0.2) is 24.3 Å². The second-order valence-corrected chi connectivity index (χ2v) is 9.11. The summed E-state index contributed by atoms with van der Waals surface area (Å²) >= 11 is 0. The fraction of sp³-hybridized carbons (Fsp3) is 0.760. The Bertz CT molecular complexity index is 489. The molecule has 0 radical (unpaired) electrons. The number of rotatable bonds is 8. The van der Waals surface area contributed by atoms with Crippen LogP contribution in [-0.4, -0.2) is 7.11 Å². The number of methoxy groups -OCH3 is 1. The van der Waals surface area contributed by atoms with Gasteiger partial charge < -0.3 is 4.74 Å². The molecule has 1 aromatic rings. The predicted octanol–water partition coefficient (Wildman–Crippen LogP) is 7.75. The van der Waals surface area contributed by atoms with Crippen molar-refractivity contribution in [2.45, 2.75) is 96.3 Å². The zero-order chi connectivity index (χ0) is 18.2. The van der Waals surface area contributed by atoms with Gasteiger partial charge in [0.25, 0.3) is 0 Å². The van der Waals surface area contributed by atoms with E-state index in [2.05, 4.69) is 31.2 Å². The smallest absolute Gasteiger partial charge is 0.118 e. The molecule has 146 valence electrons. The first kappa shape index (κ1) is 19.8. The number of hydrogen-bond acceptors (Lipinski definition) is 1. The molecule has 2 aliphatic rings. The van der Waals surface area contributed by atoms with E-state index in [0.29, 0.717) is 0 Å². The van der Waals surface area contributed by atoms with Gasteiger partial charge in [-0.1, -0.05) is 70.4 Å². The van der Waals surface area contributed by atoms with Gasteiger partial charge in [0.05, 0.1) is 7.11 Å². The lowest BCUT2D eigenvalue weighted by atomic mass is 9.71. The van der Waals surface area contributed by atoms with E-state index < -0.39 is 0 Å². The molecule has 1 nitrogen and oxygen atoms in total. The average Bonchev–Trinajstić information content (AvgIpc) is 2.70. The van der Waals surface area contributed by atoms with Gasteiger partial charge in [-0.2, -0.15) is 0 Å². The second-order valence-electron chi connectivity index (χ2n) is 9.11. The van der Waals surface area contributed by atoms with Crippen LogP contribution in [-0.2, 0) is 0 Å². The Morgan fingerprint density at radius 1 is 0.769 bits per heavy atom. The summed E-state index contributed by atoms with van der Waals surface area (Å²) in [6, 6.07) is 8.81. The van der Waals surface area contributed by atoms with Gasteiger partial charge in [0.15, 0.2) is 0 Å². The van der Waals surface area contributed by atoms with Crippen LogP contribution in [0.4, 0.5) is 0 Å². The summed E-state index contributed by atoms with van der Waals surface area (Å²) in [6.45, 7) is 2.32. The van der Waals surface area contributed by atoms with Crippen molar-refractivity contribution in [3.8, 4) is 5.75 Å². The molecule has 0 N–H and O–H groups in total. The normalized spacial score (nSPS) is 29.5. The Morgan fingerprint density at radius 3 is 1.92 bits per heavy atom. The highest BCUT2D eigenvalue weighted by Crippen LogP contribution is 2.42. The van der Waals surface area contributed by atoms with Crippen LogP contribution in [0.1, 0.15) is 102 Å². The summed E-state index contributed by atoms with van der Waals surface area (Å²) in [5.41, 5.74) is 1.52. The lowest BCUT2D eigenvalue weighted by Crippen LogP contribution is -2.20. The van der Waals surface area contributed by atoms with Gasteiger partial charge in [0.1, 0.15) is 5.75 Å². The van der Waals surface area contributed by atoms with Crippen LogP contribution in [0.2, 0.25) is 0 Å². The average molecular weight is 357 g/mol. The van der Waals surface area contributed by atoms with Gasteiger partial charge >= 0.3 is 0 Å². The van der Waals surface area contributed by atoms with Gasteiger partial charge in [0.2, 0.25) is 0 Å². The van der Waals surface area contributed by atoms with Crippen LogP contribution in [0.3, 0.4) is 0 Å². The van der Waals surface area contributed by atoms with E-state index in [4.69, 9.17) is 4.74 Å². The van der Waals surface area contributed by atoms with E-state index in [1.54, 1.807) is 7.11 Å². The minimum atomic E-state index is 0.784. The van der Waals surface area contributed by atoms with E-state index in [0.717, 1.165) is 29.4 Å². The minimum Gasteiger partial charge on any atom is -0.497 e. The molecular formula is C25H40O. The Morgan fingerprint density at radius 2 is 1.35 bits per heavy atom. The Labute approximate surface area is 161 Å². The van der Waals surface area contributed by atoms with Gasteiger partial charge in [-0.05, 0) is 73.5 Å². The molecule has 1 aromatic carbocycles. The number of benzene rings is 1. The van der Waals surface area contributed by atoms with Crippen LogP contribution >= 0.6 is 0 Å². The highest BCUT2D eigenvalue weighted by Gasteiger charge is 2.27. The van der Waals surface area contributed by atoms with Gasteiger partial charge in [-0.3, -0.25) is 0 Å². The zero-order valence-electron chi connectivity index (χ0n) is 17.2. The number of hydrogen-bond donors (Lipinski definition) is 0. The summed E-state index contributed by atoms with van der Waals surface area (Å²) in [7, 11) is 1.75. The highest BCUT2D eigenvalue weighted by molar-refractivity contribution is 5.29. The maximum atomic E-state index is 5.29. The first-order valence-corrected chi connectivity index (χ1v) is 11.4. The van der Waals surface area contributed by atoms with Crippen molar-refractivity contribution >= 4 is 0 Å². The maximum Gasteiger partial charge on any atom is 0.118 e. The van der Waals surface area contributed by atoms with E-state index >= 15 is 0 Å². The maximum absolute atomic E-state index is 5.29. The first-order chi connectivity index (χ1) is 12.8. The standard InChI is InChI=1S/C25H40O/c1-3-4-5-6-20-7-9-21(10-8-20)19-22-11-13-23(14-12-22)24-15-17-25(26-2)18-16-24/h15-18,20-23H,3-14,19H2,1-2H3. The summed E-state index contributed by atoms with van der Waals surface area (Å²) in [5, 5.41) is 0. The molecule has 2 saturated carbocycles. The zero-order valence-corrected chi connectivity index (χ0v) is 17.2. The van der Waals surface area contributed by atoms with Crippen molar-refractivity contribution < 1.29 is 4.74 Å². The van der Waals surface area contributed by atoms with Crippen molar-refractivity contribution in [1.29, 1.82) is 0 Å². The molecular weight excluding hydrogens is 316 g/mol. The molecule has 0 heterocycles. The number of unbranched alkanes of at least 4 members (excludes halogenated alkanes) is 2. The third-order valence-corrected chi connectivity index (χ3v) is 7.28. The fourth-order valence-electron chi connectivity index (χ4n) is 5.52. The molecule has 0 atom stereocenters. The van der Waals surface area contributed by atoms with Crippen LogP contribution in [0.5, 0.6) is 5.75 Å². The van der Waals surface area contributed by atoms with Gasteiger partial charge in [-0.25, -0.2) is 0 Å². The molecule has 0 amide bonds. The Balaban J connectivity index is 1.35. The quantitative estimate of drug-likeness (QED) is 0.433. The third-order valence-electron chi connectivity index (χ3n) is 7.28. The van der Waals surface area contributed by atoms with Crippen LogP contribution < -0.4 is 4.74 Å². The third kappa shape index (κ3) is 5.76. The Hall–Kier alpha value is -0.980. The lowest BCUT2D eigenvalue weighted by Gasteiger charge is -2.34. The Kier molecular flexibility index (Phi) is 7.89. The first-order valence-electron chi connectivity index (χ1n) is 11.4. The second kappa shape index (κ2) is 10.4. The van der Waals surface area contributed by atoms with Crippen molar-refractivity contribution in [3.05, 3.63) is 29.8 Å². The fourth-order valence-corrected chi connectivity index (χ4v) is 5.52. The van der Waals surface area contributed by atoms with E-state index in [9.17, 15) is 0 Å². The molecule has 2 aliphatic carbocycles. The van der Waals surface area contributed by atoms with Gasteiger partial charge in [0, 0.05) is 0 Å². The molecule has 0 saturated heterocycles. The number of ether oxygens (including phenoxy) is 1. The minimum absolute atomic E-state index is 0.784. The molecule has 3 rings (SSSR count). The predicted molar refractivity (Wildman–Crippen MR) is 112 cm³/mol. The summed E-state index contributed by atoms with van der Waals surface area (Å²) < 4.78 is 5.29. The van der Waals surface area contributed by atoms with E-state index in [1.807, 2.05) is 0 Å². The highest BCUT2D eigenvalue weighted by atomic mass is 16.5. The van der Waals surface area contributed by atoms with E-state index in [1.165, 1.54) is 89.0 Å². The van der Waals surface area contributed by atoms with Crippen molar-refractivity contribution in [2.24, 2.45) is 17.8 Å². The van der Waals surface area contributed by atoms with E-state index in [-0.39, 0.29) is 0 Å². The van der Waals surface area contributed by atoms with Crippen molar-refractivity contribution in [2.75, 3.05) is 7.11 Å². The molecule has 2 fully saturated rings. The summed E-state index contributed by atoms with van der Waals surface area (Å²) in [6.07, 6.45) is 19.1. The topological polar surface area (TPSA) is 9.23 Å². The molecule has 0 aromatic heterocycles. The van der Waals surface area contributed by atoms with Crippen molar-refractivity contribution in [3.63, 3.8) is 0 Å². The van der Waals surface area contributed by atoms with Crippen LogP contribution in [0.25, 0.3) is 0 Å². The molecule has 0 bridgehead atoms.